The third kappa shape index (κ3) is 2.40. The van der Waals surface area contributed by atoms with Crippen LogP contribution in [0.3, 0.4) is 0 Å². The number of nitrogens with zero attached hydrogens (tertiary/aromatic N) is 2. The van der Waals surface area contributed by atoms with Crippen molar-refractivity contribution in [2.75, 3.05) is 13.2 Å². The molecule has 2 aromatic rings. The second-order valence-electron chi connectivity index (χ2n) is 4.47. The molecule has 1 fully saturated rings. The molecule has 17 heavy (non-hydrogen) atoms. The van der Waals surface area contributed by atoms with Crippen molar-refractivity contribution in [3.8, 4) is 0 Å². The molecule has 0 aromatic carbocycles. The fourth-order valence-corrected chi connectivity index (χ4v) is 2.92. The van der Waals surface area contributed by atoms with Gasteiger partial charge in [-0.1, -0.05) is 0 Å². The number of ether oxygens (including phenoxy) is 1. The van der Waals surface area contributed by atoms with E-state index < -0.39 is 0 Å². The summed E-state index contributed by atoms with van der Waals surface area (Å²) in [5, 5.41) is 1.99. The Kier molecular flexibility index (Phi) is 2.94. The number of fused-ring (bicyclic) bond motifs is 1. The van der Waals surface area contributed by atoms with Gasteiger partial charge in [-0.15, -0.1) is 11.3 Å². The molecule has 1 unspecified atom stereocenters. The van der Waals surface area contributed by atoms with Gasteiger partial charge in [-0.05, 0) is 12.3 Å². The van der Waals surface area contributed by atoms with Crippen molar-refractivity contribution >= 4 is 22.1 Å². The molecule has 0 bridgehead atoms. The maximum absolute atomic E-state index is 11.9. The number of ketones is 1. The summed E-state index contributed by atoms with van der Waals surface area (Å²) in [6, 6.07) is 0. The number of Topliss-reactive ketones (excluding diaryl/α,β-unsaturated/α-hetero) is 1. The quantitative estimate of drug-likeness (QED) is 0.833. The standard InChI is InChI=1S/C12H14N2O2S/c15-11(5-9-1-3-16-8-9)6-10-7-14-2-4-17-12(14)13-10/h2,4,7,9H,1,3,5-6,8H2. The fraction of sp³-hybridized carbons (Fsp3) is 0.500. The highest BCUT2D eigenvalue weighted by Crippen LogP contribution is 2.18. The summed E-state index contributed by atoms with van der Waals surface area (Å²) < 4.78 is 7.24. The number of rotatable bonds is 4. The predicted molar refractivity (Wildman–Crippen MR) is 65.3 cm³/mol. The maximum atomic E-state index is 11.9. The molecule has 3 heterocycles. The van der Waals surface area contributed by atoms with E-state index >= 15 is 0 Å². The van der Waals surface area contributed by atoms with Crippen molar-refractivity contribution in [1.82, 2.24) is 9.38 Å². The molecule has 1 aliphatic rings. The number of imidazole rings is 1. The molecular formula is C12H14N2O2S. The molecule has 0 N–H and O–H groups in total. The Morgan fingerprint density at radius 3 is 3.35 bits per heavy atom. The van der Waals surface area contributed by atoms with Gasteiger partial charge in [-0.2, -0.15) is 0 Å². The van der Waals surface area contributed by atoms with Crippen molar-refractivity contribution in [1.29, 1.82) is 0 Å². The van der Waals surface area contributed by atoms with Gasteiger partial charge in [0, 0.05) is 37.4 Å². The lowest BCUT2D eigenvalue weighted by atomic mass is 10.00. The Balaban J connectivity index is 1.62. The van der Waals surface area contributed by atoms with Gasteiger partial charge in [0.25, 0.3) is 0 Å². The zero-order valence-corrected chi connectivity index (χ0v) is 10.3. The summed E-state index contributed by atoms with van der Waals surface area (Å²) in [6.45, 7) is 1.54. The molecule has 0 saturated carbocycles. The van der Waals surface area contributed by atoms with Crippen molar-refractivity contribution in [3.63, 3.8) is 0 Å². The summed E-state index contributed by atoms with van der Waals surface area (Å²) in [5.41, 5.74) is 0.876. The normalized spacial score (nSPS) is 20.1. The highest BCUT2D eigenvalue weighted by molar-refractivity contribution is 7.15. The van der Waals surface area contributed by atoms with Crippen LogP contribution in [0.25, 0.3) is 4.96 Å². The number of carbonyl (C=O) groups excluding carboxylic acids is 1. The average Bonchev–Trinajstić information content (AvgIpc) is 2.92. The van der Waals surface area contributed by atoms with Crippen LogP contribution < -0.4 is 0 Å². The first kappa shape index (κ1) is 10.9. The van der Waals surface area contributed by atoms with Gasteiger partial charge in [0.15, 0.2) is 4.96 Å². The Bertz CT molecular complexity index is 497. The second kappa shape index (κ2) is 4.58. The summed E-state index contributed by atoms with van der Waals surface area (Å²) in [4.78, 5) is 17.2. The van der Waals surface area contributed by atoms with Gasteiger partial charge in [-0.3, -0.25) is 9.20 Å². The van der Waals surface area contributed by atoms with Gasteiger partial charge in [-0.25, -0.2) is 4.98 Å². The third-order valence-electron chi connectivity index (χ3n) is 3.06. The largest absolute Gasteiger partial charge is 0.381 e. The van der Waals surface area contributed by atoms with E-state index in [2.05, 4.69) is 4.98 Å². The van der Waals surface area contributed by atoms with E-state index in [1.54, 1.807) is 11.3 Å². The zero-order chi connectivity index (χ0) is 11.7. The van der Waals surface area contributed by atoms with Crippen molar-refractivity contribution in [2.24, 2.45) is 5.92 Å². The molecule has 0 radical (unpaired) electrons. The Morgan fingerprint density at radius 2 is 2.59 bits per heavy atom. The lowest BCUT2D eigenvalue weighted by molar-refractivity contribution is -0.119. The van der Waals surface area contributed by atoms with E-state index in [0.29, 0.717) is 18.8 Å². The number of hydrogen-bond donors (Lipinski definition) is 0. The Morgan fingerprint density at radius 1 is 1.65 bits per heavy atom. The van der Waals surface area contributed by atoms with Gasteiger partial charge < -0.3 is 4.74 Å². The SMILES string of the molecule is O=C(Cc1cn2ccsc2n1)CC1CCOC1. The number of hydrogen-bond acceptors (Lipinski definition) is 4. The lowest BCUT2D eigenvalue weighted by Gasteiger charge is -2.04. The van der Waals surface area contributed by atoms with Crippen molar-refractivity contribution in [2.45, 2.75) is 19.3 Å². The highest BCUT2D eigenvalue weighted by atomic mass is 32.1. The molecule has 2 aromatic heterocycles. The Hall–Kier alpha value is -1.20. The van der Waals surface area contributed by atoms with Crippen LogP contribution in [0.4, 0.5) is 0 Å². The molecule has 0 spiro atoms. The van der Waals surface area contributed by atoms with Crippen LogP contribution >= 0.6 is 11.3 Å². The predicted octanol–water partition coefficient (Wildman–Crippen LogP) is 1.93. The summed E-state index contributed by atoms with van der Waals surface area (Å²) >= 11 is 1.59. The zero-order valence-electron chi connectivity index (χ0n) is 9.46. The van der Waals surface area contributed by atoms with Gasteiger partial charge in [0.1, 0.15) is 5.78 Å². The highest BCUT2D eigenvalue weighted by Gasteiger charge is 2.19. The van der Waals surface area contributed by atoms with E-state index in [9.17, 15) is 4.79 Å². The molecule has 1 aliphatic heterocycles. The van der Waals surface area contributed by atoms with Crippen LogP contribution in [0, 0.1) is 5.92 Å². The third-order valence-corrected chi connectivity index (χ3v) is 3.83. The molecular weight excluding hydrogens is 236 g/mol. The molecule has 4 nitrogen and oxygen atoms in total. The smallest absolute Gasteiger partial charge is 0.193 e. The summed E-state index contributed by atoms with van der Waals surface area (Å²) in [7, 11) is 0. The van der Waals surface area contributed by atoms with Crippen LogP contribution in [0.5, 0.6) is 0 Å². The number of carbonyl (C=O) groups is 1. The summed E-state index contributed by atoms with van der Waals surface area (Å²) in [5.74, 6) is 0.692. The van der Waals surface area contributed by atoms with E-state index in [-0.39, 0.29) is 5.78 Å². The molecule has 0 amide bonds. The molecule has 3 rings (SSSR count). The fourth-order valence-electron chi connectivity index (χ4n) is 2.20. The lowest BCUT2D eigenvalue weighted by Crippen LogP contribution is -2.10. The van der Waals surface area contributed by atoms with Crippen LogP contribution in [0.15, 0.2) is 17.8 Å². The minimum absolute atomic E-state index is 0.270. The number of aromatic nitrogens is 2. The van der Waals surface area contributed by atoms with Gasteiger partial charge in [0.05, 0.1) is 12.1 Å². The van der Waals surface area contributed by atoms with Crippen LogP contribution in [-0.4, -0.2) is 28.4 Å². The molecule has 90 valence electrons. The topological polar surface area (TPSA) is 43.6 Å². The van der Waals surface area contributed by atoms with E-state index in [0.717, 1.165) is 30.3 Å². The maximum Gasteiger partial charge on any atom is 0.193 e. The molecule has 1 saturated heterocycles. The monoisotopic (exact) mass is 250 g/mol. The first-order valence-corrected chi connectivity index (χ1v) is 6.70. The van der Waals surface area contributed by atoms with E-state index in [4.69, 9.17) is 4.74 Å². The van der Waals surface area contributed by atoms with E-state index in [1.165, 1.54) is 0 Å². The minimum atomic E-state index is 0.270. The first-order valence-electron chi connectivity index (χ1n) is 5.82. The Labute approximate surface area is 103 Å². The van der Waals surface area contributed by atoms with E-state index in [1.807, 2.05) is 22.2 Å². The number of thiazole rings is 1. The minimum Gasteiger partial charge on any atom is -0.381 e. The van der Waals surface area contributed by atoms with Crippen LogP contribution in [-0.2, 0) is 16.0 Å². The van der Waals surface area contributed by atoms with Gasteiger partial charge >= 0.3 is 0 Å². The van der Waals surface area contributed by atoms with Gasteiger partial charge in [0.2, 0.25) is 0 Å². The van der Waals surface area contributed by atoms with Crippen molar-refractivity contribution in [3.05, 3.63) is 23.5 Å². The molecule has 5 heteroatoms. The first-order chi connectivity index (χ1) is 8.31. The average molecular weight is 250 g/mol. The molecule has 0 aliphatic carbocycles. The second-order valence-corrected chi connectivity index (χ2v) is 5.35. The van der Waals surface area contributed by atoms with Crippen LogP contribution in [0.1, 0.15) is 18.5 Å². The van der Waals surface area contributed by atoms with Crippen LogP contribution in [0.2, 0.25) is 0 Å². The molecule has 1 atom stereocenters. The van der Waals surface area contributed by atoms with Crippen molar-refractivity contribution < 1.29 is 9.53 Å². The summed E-state index contributed by atoms with van der Waals surface area (Å²) in [6.07, 6.45) is 6.00.